The van der Waals surface area contributed by atoms with Crippen LogP contribution in [0.5, 0.6) is 0 Å². The van der Waals surface area contributed by atoms with E-state index in [-0.39, 0.29) is 17.9 Å². The normalized spacial score (nSPS) is 21.9. The van der Waals surface area contributed by atoms with Crippen molar-refractivity contribution in [1.29, 1.82) is 0 Å². The summed E-state index contributed by atoms with van der Waals surface area (Å²) in [7, 11) is 0. The number of fused-ring (bicyclic) bond motifs is 1. The van der Waals surface area contributed by atoms with Crippen molar-refractivity contribution >= 4 is 23.4 Å². The fourth-order valence-corrected chi connectivity index (χ4v) is 4.12. The summed E-state index contributed by atoms with van der Waals surface area (Å²) in [5.74, 6) is 1.78. The van der Waals surface area contributed by atoms with Crippen molar-refractivity contribution in [2.75, 3.05) is 36.4 Å². The Balaban J connectivity index is 1.68. The van der Waals surface area contributed by atoms with Crippen LogP contribution in [0.25, 0.3) is 0 Å². The molecular weight excluding hydrogens is 366 g/mol. The molecule has 0 spiro atoms. The van der Waals surface area contributed by atoms with Gasteiger partial charge in [0.15, 0.2) is 0 Å². The predicted molar refractivity (Wildman–Crippen MR) is 116 cm³/mol. The van der Waals surface area contributed by atoms with Gasteiger partial charge < -0.3 is 20.4 Å². The first-order valence-corrected chi connectivity index (χ1v) is 10.9. The van der Waals surface area contributed by atoms with Gasteiger partial charge in [-0.25, -0.2) is 9.78 Å². The van der Waals surface area contributed by atoms with E-state index in [1.165, 1.54) is 6.42 Å². The molecule has 7 nitrogen and oxygen atoms in total. The van der Waals surface area contributed by atoms with Crippen LogP contribution in [0.2, 0.25) is 0 Å². The minimum Gasteiger partial charge on any atom is -0.352 e. The zero-order valence-corrected chi connectivity index (χ0v) is 18.1. The van der Waals surface area contributed by atoms with Gasteiger partial charge >= 0.3 is 6.03 Å². The van der Waals surface area contributed by atoms with Gasteiger partial charge in [0.05, 0.1) is 17.9 Å². The Bertz CT molecular complexity index is 704. The van der Waals surface area contributed by atoms with E-state index in [2.05, 4.69) is 34.4 Å². The van der Waals surface area contributed by atoms with E-state index in [9.17, 15) is 9.59 Å². The third-order valence-electron chi connectivity index (χ3n) is 5.81. The van der Waals surface area contributed by atoms with Crippen LogP contribution in [0.1, 0.15) is 47.0 Å². The quantitative estimate of drug-likeness (QED) is 0.793. The third kappa shape index (κ3) is 5.40. The Morgan fingerprint density at radius 3 is 2.62 bits per heavy atom. The molecule has 7 heteroatoms. The maximum Gasteiger partial charge on any atom is 0.317 e. The summed E-state index contributed by atoms with van der Waals surface area (Å²) in [6.07, 6.45) is 5.21. The number of pyridine rings is 1. The van der Waals surface area contributed by atoms with Crippen LogP contribution in [0, 0.1) is 17.8 Å². The van der Waals surface area contributed by atoms with Gasteiger partial charge in [-0.1, -0.05) is 34.1 Å². The lowest BCUT2D eigenvalue weighted by Crippen LogP contribution is -2.44. The molecule has 2 fully saturated rings. The number of hydrogen-bond donors (Lipinski definition) is 2. The largest absolute Gasteiger partial charge is 0.352 e. The highest BCUT2D eigenvalue weighted by atomic mass is 16.2. The van der Waals surface area contributed by atoms with E-state index in [0.29, 0.717) is 24.4 Å². The molecule has 3 heterocycles. The van der Waals surface area contributed by atoms with Crippen LogP contribution >= 0.6 is 0 Å². The smallest absolute Gasteiger partial charge is 0.317 e. The SMILES string of the molecule is CC(C)CNC(=O)N1C[C@H]2CCCCN(c3ccc(NC(=O)C(C)C)cn3)[C@H]2C1. The molecule has 2 N–H and O–H groups in total. The van der Waals surface area contributed by atoms with Crippen LogP contribution in [-0.2, 0) is 4.79 Å². The van der Waals surface area contributed by atoms with Gasteiger partial charge in [-0.15, -0.1) is 0 Å². The van der Waals surface area contributed by atoms with Gasteiger partial charge in [0.1, 0.15) is 5.82 Å². The van der Waals surface area contributed by atoms with Gasteiger partial charge in [0.2, 0.25) is 5.91 Å². The fraction of sp³-hybridized carbons (Fsp3) is 0.682. The summed E-state index contributed by atoms with van der Waals surface area (Å²) in [5, 5.41) is 5.95. The number of rotatable bonds is 5. The van der Waals surface area contributed by atoms with Gasteiger partial charge in [0.25, 0.3) is 0 Å². The number of carbonyl (C=O) groups excluding carboxylic acids is 2. The lowest BCUT2D eigenvalue weighted by atomic mass is 9.98. The molecule has 2 atom stereocenters. The second kappa shape index (κ2) is 9.46. The van der Waals surface area contributed by atoms with E-state index in [1.807, 2.05) is 30.9 Å². The number of amides is 3. The molecule has 1 aromatic heterocycles. The van der Waals surface area contributed by atoms with Gasteiger partial charge in [-0.3, -0.25) is 4.79 Å². The first-order chi connectivity index (χ1) is 13.8. The van der Waals surface area contributed by atoms with Crippen LogP contribution in [-0.4, -0.2) is 54.0 Å². The molecule has 0 radical (unpaired) electrons. The van der Waals surface area contributed by atoms with Crippen molar-refractivity contribution in [3.63, 3.8) is 0 Å². The summed E-state index contributed by atoms with van der Waals surface area (Å²) >= 11 is 0. The van der Waals surface area contributed by atoms with Crippen LogP contribution in [0.15, 0.2) is 18.3 Å². The van der Waals surface area contributed by atoms with E-state index in [4.69, 9.17) is 0 Å². The first kappa shape index (κ1) is 21.4. The second-order valence-electron chi connectivity index (χ2n) is 9.05. The zero-order chi connectivity index (χ0) is 21.0. The zero-order valence-electron chi connectivity index (χ0n) is 18.1. The highest BCUT2D eigenvalue weighted by molar-refractivity contribution is 5.91. The first-order valence-electron chi connectivity index (χ1n) is 10.9. The molecule has 2 aliphatic heterocycles. The average molecular weight is 402 g/mol. The molecule has 0 unspecified atom stereocenters. The number of carbonyl (C=O) groups is 2. The average Bonchev–Trinajstić information content (AvgIpc) is 3.01. The summed E-state index contributed by atoms with van der Waals surface area (Å²) in [6.45, 7) is 11.2. The Morgan fingerprint density at radius 1 is 1.17 bits per heavy atom. The number of urea groups is 1. The van der Waals surface area contributed by atoms with Crippen molar-refractivity contribution in [3.05, 3.63) is 18.3 Å². The van der Waals surface area contributed by atoms with Gasteiger partial charge in [0, 0.05) is 32.1 Å². The Hall–Kier alpha value is -2.31. The number of anilines is 2. The van der Waals surface area contributed by atoms with Gasteiger partial charge in [-0.2, -0.15) is 0 Å². The molecule has 0 bridgehead atoms. The minimum atomic E-state index is -0.0626. The minimum absolute atomic E-state index is 0.00627. The molecule has 2 aliphatic rings. The summed E-state index contributed by atoms with van der Waals surface area (Å²) in [6, 6.07) is 4.25. The lowest BCUT2D eigenvalue weighted by molar-refractivity contribution is -0.118. The molecule has 160 valence electrons. The predicted octanol–water partition coefficient (Wildman–Crippen LogP) is 3.33. The molecule has 3 amide bonds. The topological polar surface area (TPSA) is 77.6 Å². The Kier molecular flexibility index (Phi) is 6.98. The van der Waals surface area contributed by atoms with Crippen LogP contribution in [0.3, 0.4) is 0 Å². The number of nitrogens with zero attached hydrogens (tertiary/aromatic N) is 3. The maximum atomic E-state index is 12.6. The Morgan fingerprint density at radius 2 is 1.97 bits per heavy atom. The van der Waals surface area contributed by atoms with E-state index in [0.717, 1.165) is 44.0 Å². The summed E-state index contributed by atoms with van der Waals surface area (Å²) < 4.78 is 0. The number of hydrogen-bond acceptors (Lipinski definition) is 4. The Labute approximate surface area is 174 Å². The molecule has 2 saturated heterocycles. The molecule has 1 aromatic rings. The highest BCUT2D eigenvalue weighted by Crippen LogP contribution is 2.32. The number of aromatic nitrogens is 1. The van der Waals surface area contributed by atoms with Crippen molar-refractivity contribution in [2.45, 2.75) is 53.0 Å². The van der Waals surface area contributed by atoms with Crippen LogP contribution in [0.4, 0.5) is 16.3 Å². The van der Waals surface area contributed by atoms with Gasteiger partial charge in [-0.05, 0) is 36.8 Å². The molecule has 0 aliphatic carbocycles. The number of nitrogens with one attached hydrogen (secondary N) is 2. The standard InChI is InChI=1S/C22H35N5O2/c1-15(2)11-24-22(29)26-13-17-7-5-6-10-27(19(17)14-26)20-9-8-18(12-23-20)25-21(28)16(3)4/h8-9,12,15-17,19H,5-7,10-11,13-14H2,1-4H3,(H,24,29)(H,25,28)/t17-,19+/m1/s1. The summed E-state index contributed by atoms with van der Waals surface area (Å²) in [4.78, 5) is 33.4. The summed E-state index contributed by atoms with van der Waals surface area (Å²) in [5.41, 5.74) is 0.722. The molecule has 3 rings (SSSR count). The highest BCUT2D eigenvalue weighted by Gasteiger charge is 2.40. The molecule has 0 aromatic carbocycles. The monoisotopic (exact) mass is 401 g/mol. The number of likely N-dealkylation sites (tertiary alicyclic amines) is 1. The van der Waals surface area contributed by atoms with Crippen molar-refractivity contribution in [1.82, 2.24) is 15.2 Å². The van der Waals surface area contributed by atoms with E-state index < -0.39 is 0 Å². The molecule has 0 saturated carbocycles. The third-order valence-corrected chi connectivity index (χ3v) is 5.81. The van der Waals surface area contributed by atoms with Crippen molar-refractivity contribution < 1.29 is 9.59 Å². The maximum absolute atomic E-state index is 12.6. The second-order valence-corrected chi connectivity index (χ2v) is 9.05. The van der Waals surface area contributed by atoms with Crippen LogP contribution < -0.4 is 15.5 Å². The van der Waals surface area contributed by atoms with Crippen molar-refractivity contribution in [2.24, 2.45) is 17.8 Å². The fourth-order valence-electron chi connectivity index (χ4n) is 4.12. The van der Waals surface area contributed by atoms with E-state index >= 15 is 0 Å². The van der Waals surface area contributed by atoms with E-state index in [1.54, 1.807) is 6.20 Å². The molecular formula is C22H35N5O2. The lowest BCUT2D eigenvalue weighted by Gasteiger charge is -2.31. The van der Waals surface area contributed by atoms with Crippen molar-refractivity contribution in [3.8, 4) is 0 Å². The molecule has 29 heavy (non-hydrogen) atoms.